The number of nitro groups is 1. The molecule has 1 amide bonds. The summed E-state index contributed by atoms with van der Waals surface area (Å²) in [4.78, 5) is 45.7. The zero-order valence-electron chi connectivity index (χ0n) is 19.7. The molecule has 1 aromatic carbocycles. The van der Waals surface area contributed by atoms with Crippen molar-refractivity contribution >= 4 is 28.3 Å². The van der Waals surface area contributed by atoms with Crippen LogP contribution in [0, 0.1) is 28.4 Å². The van der Waals surface area contributed by atoms with Crippen LogP contribution >= 0.6 is 0 Å². The summed E-state index contributed by atoms with van der Waals surface area (Å²) in [6.07, 6.45) is 2.11. The summed E-state index contributed by atoms with van der Waals surface area (Å²) >= 11 is 0. The number of aryl methyl sites for hydroxylation is 2. The van der Waals surface area contributed by atoms with E-state index in [4.69, 9.17) is 9.72 Å². The fraction of sp³-hybridized carbons (Fsp3) is 0.240. The smallest absolute Gasteiger partial charge is 0.279 e. The summed E-state index contributed by atoms with van der Waals surface area (Å²) in [6, 6.07) is 12.2. The average molecular weight is 486 g/mol. The van der Waals surface area contributed by atoms with E-state index in [1.165, 1.54) is 28.7 Å². The molecular formula is C25H22N6O5. The molecule has 11 heteroatoms. The topological polar surface area (TPSA) is 145 Å². The monoisotopic (exact) mass is 486 g/mol. The summed E-state index contributed by atoms with van der Waals surface area (Å²) in [5, 5.41) is 21.2. The van der Waals surface area contributed by atoms with Crippen LogP contribution in [0.25, 0.3) is 16.7 Å². The molecule has 4 aromatic rings. The molecule has 36 heavy (non-hydrogen) atoms. The molecule has 3 aromatic heterocycles. The highest BCUT2D eigenvalue weighted by Crippen LogP contribution is 2.15. The van der Waals surface area contributed by atoms with Crippen molar-refractivity contribution in [3.8, 4) is 6.07 Å². The number of nitrogens with zero attached hydrogens (tertiary/aromatic N) is 6. The number of benzene rings is 1. The number of pyridine rings is 2. The SMILES string of the molecule is CCOCCCn1c(=NC(=O)c2cccc([N+](=O)[O-])c2)c(C#N)cc2c(=O)n3cccc(C)c3nc21. The van der Waals surface area contributed by atoms with E-state index in [9.17, 15) is 25.0 Å². The number of hydrogen-bond donors (Lipinski definition) is 0. The highest BCUT2D eigenvalue weighted by Gasteiger charge is 2.17. The van der Waals surface area contributed by atoms with Crippen molar-refractivity contribution in [3.05, 3.63) is 91.3 Å². The van der Waals surface area contributed by atoms with Crippen molar-refractivity contribution in [2.75, 3.05) is 13.2 Å². The van der Waals surface area contributed by atoms with Gasteiger partial charge in [-0.05, 0) is 44.0 Å². The molecule has 0 N–H and O–H groups in total. The number of rotatable bonds is 7. The number of fused-ring (bicyclic) bond motifs is 2. The van der Waals surface area contributed by atoms with Crippen molar-refractivity contribution in [1.29, 1.82) is 5.26 Å². The Balaban J connectivity index is 2.02. The third-order valence-electron chi connectivity index (χ3n) is 5.61. The van der Waals surface area contributed by atoms with E-state index >= 15 is 0 Å². The lowest BCUT2D eigenvalue weighted by molar-refractivity contribution is -0.384. The molecule has 0 bridgehead atoms. The van der Waals surface area contributed by atoms with Crippen molar-refractivity contribution in [1.82, 2.24) is 14.0 Å². The molecule has 0 saturated heterocycles. The number of nitro benzene ring substituents is 1. The van der Waals surface area contributed by atoms with E-state index in [1.807, 2.05) is 26.0 Å². The third-order valence-corrected chi connectivity index (χ3v) is 5.61. The van der Waals surface area contributed by atoms with Crippen LogP contribution in [-0.2, 0) is 11.3 Å². The number of hydrogen-bond acceptors (Lipinski definition) is 7. The standard InChI is InChI=1S/C25H22N6O5/c1-3-36-12-6-11-29-22(28-24(32)17-8-4-9-19(13-17)31(34)35)18(15-26)14-20-23(29)27-21-16(2)7-5-10-30(21)25(20)33/h4-5,7-10,13-14H,3,6,11-12H2,1-2H3. The van der Waals surface area contributed by atoms with Gasteiger partial charge in [-0.25, -0.2) is 4.98 Å². The number of amides is 1. The normalized spacial score (nSPS) is 11.6. The Labute approximate surface area is 204 Å². The minimum atomic E-state index is -0.762. The van der Waals surface area contributed by atoms with Crippen LogP contribution in [0.15, 0.2) is 58.4 Å². The Bertz CT molecular complexity index is 1680. The number of aromatic nitrogens is 3. The van der Waals surface area contributed by atoms with Gasteiger partial charge in [0.25, 0.3) is 17.2 Å². The second-order valence-corrected chi connectivity index (χ2v) is 7.96. The Hall–Kier alpha value is -4.69. The predicted octanol–water partition coefficient (Wildman–Crippen LogP) is 2.91. The molecule has 0 unspecified atom stereocenters. The van der Waals surface area contributed by atoms with Gasteiger partial charge in [-0.15, -0.1) is 0 Å². The first-order valence-corrected chi connectivity index (χ1v) is 11.2. The zero-order valence-corrected chi connectivity index (χ0v) is 19.7. The third kappa shape index (κ3) is 4.62. The maximum absolute atomic E-state index is 13.3. The van der Waals surface area contributed by atoms with Gasteiger partial charge in [0, 0.05) is 43.7 Å². The molecule has 0 saturated carbocycles. The highest BCUT2D eigenvalue weighted by atomic mass is 16.6. The van der Waals surface area contributed by atoms with Gasteiger partial charge in [0.15, 0.2) is 5.49 Å². The van der Waals surface area contributed by atoms with Gasteiger partial charge in [0.05, 0.1) is 15.9 Å². The Morgan fingerprint density at radius 1 is 1.25 bits per heavy atom. The maximum atomic E-state index is 13.3. The van der Waals surface area contributed by atoms with Crippen LogP contribution < -0.4 is 11.0 Å². The van der Waals surface area contributed by atoms with Gasteiger partial charge >= 0.3 is 0 Å². The van der Waals surface area contributed by atoms with Gasteiger partial charge in [-0.2, -0.15) is 10.3 Å². The Morgan fingerprint density at radius 3 is 2.78 bits per heavy atom. The van der Waals surface area contributed by atoms with Crippen LogP contribution in [0.1, 0.15) is 34.8 Å². The quantitative estimate of drug-likeness (QED) is 0.169. The lowest BCUT2D eigenvalue weighted by atomic mass is 10.2. The fourth-order valence-corrected chi connectivity index (χ4v) is 3.88. The van der Waals surface area contributed by atoms with E-state index in [-0.39, 0.29) is 45.4 Å². The number of ether oxygens (including phenoxy) is 1. The average Bonchev–Trinajstić information content (AvgIpc) is 2.88. The Morgan fingerprint density at radius 2 is 2.06 bits per heavy atom. The van der Waals surface area contributed by atoms with E-state index < -0.39 is 10.8 Å². The molecule has 0 atom stereocenters. The van der Waals surface area contributed by atoms with Gasteiger partial charge < -0.3 is 9.30 Å². The van der Waals surface area contributed by atoms with Crippen LogP contribution in [-0.4, -0.2) is 38.0 Å². The zero-order chi connectivity index (χ0) is 25.8. The Kier molecular flexibility index (Phi) is 6.98. The molecule has 0 spiro atoms. The second kappa shape index (κ2) is 10.3. The molecule has 11 nitrogen and oxygen atoms in total. The second-order valence-electron chi connectivity index (χ2n) is 7.96. The first kappa shape index (κ1) is 24.4. The molecule has 4 rings (SSSR count). The summed E-state index contributed by atoms with van der Waals surface area (Å²) in [5.41, 5.74) is 0.891. The number of non-ortho nitro benzene ring substituents is 1. The van der Waals surface area contributed by atoms with Crippen LogP contribution in [0.3, 0.4) is 0 Å². The minimum Gasteiger partial charge on any atom is -0.382 e. The maximum Gasteiger partial charge on any atom is 0.279 e. The molecule has 182 valence electrons. The fourth-order valence-electron chi connectivity index (χ4n) is 3.88. The van der Waals surface area contributed by atoms with Crippen LogP contribution in [0.2, 0.25) is 0 Å². The van der Waals surface area contributed by atoms with Crippen LogP contribution in [0.4, 0.5) is 5.69 Å². The molecule has 0 fully saturated rings. The van der Waals surface area contributed by atoms with Gasteiger partial charge in [0.1, 0.15) is 17.4 Å². The molecule has 0 aliphatic rings. The first-order valence-electron chi connectivity index (χ1n) is 11.2. The van der Waals surface area contributed by atoms with E-state index in [1.54, 1.807) is 16.8 Å². The lowest BCUT2D eigenvalue weighted by Crippen LogP contribution is -2.30. The van der Waals surface area contributed by atoms with Crippen molar-refractivity contribution in [2.45, 2.75) is 26.8 Å². The van der Waals surface area contributed by atoms with Gasteiger partial charge in [-0.1, -0.05) is 12.1 Å². The molecular weight excluding hydrogens is 464 g/mol. The molecule has 0 aliphatic carbocycles. The summed E-state index contributed by atoms with van der Waals surface area (Å²) in [7, 11) is 0. The molecule has 0 aliphatic heterocycles. The molecule has 0 radical (unpaired) electrons. The summed E-state index contributed by atoms with van der Waals surface area (Å²) in [5.74, 6) is -0.762. The van der Waals surface area contributed by atoms with E-state index in [0.717, 1.165) is 11.6 Å². The van der Waals surface area contributed by atoms with E-state index in [2.05, 4.69) is 4.99 Å². The summed E-state index contributed by atoms with van der Waals surface area (Å²) < 4.78 is 8.41. The number of nitriles is 1. The van der Waals surface area contributed by atoms with E-state index in [0.29, 0.717) is 25.3 Å². The van der Waals surface area contributed by atoms with Crippen LogP contribution in [0.5, 0.6) is 0 Å². The molecule has 3 heterocycles. The van der Waals surface area contributed by atoms with Crippen molar-refractivity contribution in [2.24, 2.45) is 4.99 Å². The van der Waals surface area contributed by atoms with Crippen molar-refractivity contribution in [3.63, 3.8) is 0 Å². The van der Waals surface area contributed by atoms with Crippen molar-refractivity contribution < 1.29 is 14.5 Å². The van der Waals surface area contributed by atoms with Gasteiger partial charge in [0.2, 0.25) is 0 Å². The number of carbonyl (C=O) groups excluding carboxylic acids is 1. The minimum absolute atomic E-state index is 0.00330. The number of carbonyl (C=O) groups is 1. The lowest BCUT2D eigenvalue weighted by Gasteiger charge is -2.14. The largest absolute Gasteiger partial charge is 0.382 e. The predicted molar refractivity (Wildman–Crippen MR) is 131 cm³/mol. The summed E-state index contributed by atoms with van der Waals surface area (Å²) in [6.45, 7) is 4.89. The first-order chi connectivity index (χ1) is 17.3. The van der Waals surface area contributed by atoms with Gasteiger partial charge in [-0.3, -0.25) is 24.1 Å². The highest BCUT2D eigenvalue weighted by molar-refractivity contribution is 5.95.